The summed E-state index contributed by atoms with van der Waals surface area (Å²) >= 11 is 1.34. The zero-order valence-corrected chi connectivity index (χ0v) is 17.7. The van der Waals surface area contributed by atoms with E-state index in [-0.39, 0.29) is 24.4 Å². The van der Waals surface area contributed by atoms with Gasteiger partial charge in [-0.05, 0) is 53.3 Å². The van der Waals surface area contributed by atoms with Crippen LogP contribution >= 0.6 is 11.3 Å². The zero-order chi connectivity index (χ0) is 21.3. The van der Waals surface area contributed by atoms with E-state index in [0.717, 1.165) is 22.6 Å². The van der Waals surface area contributed by atoms with Gasteiger partial charge in [0.25, 0.3) is 5.91 Å². The van der Waals surface area contributed by atoms with Crippen LogP contribution < -0.4 is 20.1 Å². The fraction of sp³-hybridized carbons (Fsp3) is 0.217. The predicted octanol–water partition coefficient (Wildman–Crippen LogP) is 3.60. The fourth-order valence-corrected chi connectivity index (χ4v) is 3.63. The Labute approximate surface area is 179 Å². The standard InChI is InChI=1S/C23H24N2O4S/c1-28-18-9-5-16(6-10-18)14-20(17-7-11-19(29-2)12-8-17)25-22(26)15-24-23(27)21-4-3-13-30-21/h3-13,20H,14-15H2,1-2H3,(H,24,27)(H,25,26)/t20-/m0/s1. The minimum atomic E-state index is -0.255. The van der Waals surface area contributed by atoms with Crippen molar-refractivity contribution in [3.63, 3.8) is 0 Å². The Morgan fingerprint density at radius 2 is 1.57 bits per heavy atom. The van der Waals surface area contributed by atoms with Crippen molar-refractivity contribution < 1.29 is 19.1 Å². The summed E-state index contributed by atoms with van der Waals surface area (Å²) < 4.78 is 10.4. The van der Waals surface area contributed by atoms with Gasteiger partial charge in [-0.2, -0.15) is 0 Å². The molecule has 2 amide bonds. The summed E-state index contributed by atoms with van der Waals surface area (Å²) in [4.78, 5) is 25.2. The first-order valence-electron chi connectivity index (χ1n) is 9.47. The van der Waals surface area contributed by atoms with Crippen molar-refractivity contribution in [3.05, 3.63) is 82.0 Å². The molecule has 7 heteroatoms. The monoisotopic (exact) mass is 424 g/mol. The lowest BCUT2D eigenvalue weighted by Gasteiger charge is -2.20. The van der Waals surface area contributed by atoms with E-state index in [9.17, 15) is 9.59 Å². The van der Waals surface area contributed by atoms with E-state index >= 15 is 0 Å². The molecule has 1 atom stereocenters. The second-order valence-electron chi connectivity index (χ2n) is 6.61. The number of hydrogen-bond acceptors (Lipinski definition) is 5. The molecule has 2 aromatic carbocycles. The van der Waals surface area contributed by atoms with Crippen molar-refractivity contribution in [1.82, 2.24) is 10.6 Å². The average Bonchev–Trinajstić information content (AvgIpc) is 3.33. The first-order valence-corrected chi connectivity index (χ1v) is 10.3. The van der Waals surface area contributed by atoms with E-state index in [1.165, 1.54) is 11.3 Å². The molecule has 1 aromatic heterocycles. The number of carbonyl (C=O) groups is 2. The second-order valence-corrected chi connectivity index (χ2v) is 7.55. The number of benzene rings is 2. The fourth-order valence-electron chi connectivity index (χ4n) is 2.99. The Kier molecular flexibility index (Phi) is 7.45. The third kappa shape index (κ3) is 5.84. The van der Waals surface area contributed by atoms with Gasteiger partial charge in [0, 0.05) is 0 Å². The third-order valence-corrected chi connectivity index (χ3v) is 5.48. The summed E-state index contributed by atoms with van der Waals surface area (Å²) in [5.74, 6) is 1.02. The van der Waals surface area contributed by atoms with E-state index < -0.39 is 0 Å². The highest BCUT2D eigenvalue weighted by Crippen LogP contribution is 2.22. The Balaban J connectivity index is 1.69. The summed E-state index contributed by atoms with van der Waals surface area (Å²) in [5.41, 5.74) is 2.00. The molecule has 0 bridgehead atoms. The number of methoxy groups -OCH3 is 2. The van der Waals surface area contributed by atoms with E-state index in [1.807, 2.05) is 53.9 Å². The topological polar surface area (TPSA) is 76.7 Å². The second kappa shape index (κ2) is 10.5. The predicted molar refractivity (Wildman–Crippen MR) is 117 cm³/mol. The highest BCUT2D eigenvalue weighted by Gasteiger charge is 2.17. The number of thiophene rings is 1. The molecule has 0 aliphatic rings. The van der Waals surface area contributed by atoms with Crippen LogP contribution in [0.5, 0.6) is 11.5 Å². The van der Waals surface area contributed by atoms with E-state index in [0.29, 0.717) is 11.3 Å². The first-order chi connectivity index (χ1) is 14.6. The molecule has 3 aromatic rings. The zero-order valence-electron chi connectivity index (χ0n) is 16.9. The van der Waals surface area contributed by atoms with Crippen LogP contribution in [0.1, 0.15) is 26.8 Å². The summed E-state index contributed by atoms with van der Waals surface area (Å²) in [6.07, 6.45) is 0.598. The molecule has 0 saturated heterocycles. The summed E-state index contributed by atoms with van der Waals surface area (Å²) in [5, 5.41) is 7.51. The maximum Gasteiger partial charge on any atom is 0.261 e. The lowest BCUT2D eigenvalue weighted by Crippen LogP contribution is -2.39. The van der Waals surface area contributed by atoms with Crippen molar-refractivity contribution in [3.8, 4) is 11.5 Å². The molecule has 6 nitrogen and oxygen atoms in total. The van der Waals surface area contributed by atoms with Crippen LogP contribution in [0.15, 0.2) is 66.0 Å². The van der Waals surface area contributed by atoms with Gasteiger partial charge in [0.2, 0.25) is 5.91 Å². The minimum Gasteiger partial charge on any atom is -0.497 e. The van der Waals surface area contributed by atoms with Gasteiger partial charge in [0.1, 0.15) is 11.5 Å². The number of hydrogen-bond donors (Lipinski definition) is 2. The molecule has 0 aliphatic heterocycles. The van der Waals surface area contributed by atoms with Gasteiger partial charge in [-0.25, -0.2) is 0 Å². The van der Waals surface area contributed by atoms with Gasteiger partial charge in [-0.1, -0.05) is 30.3 Å². The van der Waals surface area contributed by atoms with Gasteiger partial charge in [0.15, 0.2) is 0 Å². The Morgan fingerprint density at radius 3 is 2.13 bits per heavy atom. The van der Waals surface area contributed by atoms with Gasteiger partial charge < -0.3 is 20.1 Å². The Hall–Kier alpha value is -3.32. The summed E-state index contributed by atoms with van der Waals surface area (Å²) in [6, 6.07) is 18.6. The van der Waals surface area contributed by atoms with Crippen LogP contribution in [0, 0.1) is 0 Å². The van der Waals surface area contributed by atoms with Crippen LogP contribution in [0.3, 0.4) is 0 Å². The lowest BCUT2D eigenvalue weighted by atomic mass is 9.98. The van der Waals surface area contributed by atoms with Crippen LogP contribution in [-0.4, -0.2) is 32.6 Å². The van der Waals surface area contributed by atoms with Crippen molar-refractivity contribution in [2.24, 2.45) is 0 Å². The van der Waals surface area contributed by atoms with Crippen molar-refractivity contribution in [2.75, 3.05) is 20.8 Å². The minimum absolute atomic E-state index is 0.0913. The largest absolute Gasteiger partial charge is 0.497 e. The van der Waals surface area contributed by atoms with Crippen LogP contribution in [0.2, 0.25) is 0 Å². The van der Waals surface area contributed by atoms with Gasteiger partial charge in [-0.15, -0.1) is 11.3 Å². The van der Waals surface area contributed by atoms with E-state index in [2.05, 4.69) is 10.6 Å². The smallest absolute Gasteiger partial charge is 0.261 e. The molecule has 2 N–H and O–H groups in total. The van der Waals surface area contributed by atoms with Crippen LogP contribution in [0.4, 0.5) is 0 Å². The quantitative estimate of drug-likeness (QED) is 0.550. The first kappa shape index (κ1) is 21.4. The van der Waals surface area contributed by atoms with Crippen LogP contribution in [-0.2, 0) is 11.2 Å². The lowest BCUT2D eigenvalue weighted by molar-refractivity contribution is -0.120. The van der Waals surface area contributed by atoms with Gasteiger partial charge in [0.05, 0.1) is 31.7 Å². The van der Waals surface area contributed by atoms with Crippen molar-refractivity contribution in [2.45, 2.75) is 12.5 Å². The number of ether oxygens (including phenoxy) is 2. The SMILES string of the molecule is COc1ccc(C[C@H](NC(=O)CNC(=O)c2cccs2)c2ccc(OC)cc2)cc1. The molecular formula is C23H24N2O4S. The number of rotatable bonds is 9. The Morgan fingerprint density at radius 1 is 0.933 bits per heavy atom. The molecule has 3 rings (SSSR count). The molecule has 1 heterocycles. The average molecular weight is 425 g/mol. The number of nitrogens with one attached hydrogen (secondary N) is 2. The normalized spacial score (nSPS) is 11.4. The Bertz CT molecular complexity index is 954. The molecule has 0 radical (unpaired) electrons. The molecular weight excluding hydrogens is 400 g/mol. The molecule has 30 heavy (non-hydrogen) atoms. The van der Waals surface area contributed by atoms with Crippen LogP contribution in [0.25, 0.3) is 0 Å². The maximum atomic E-state index is 12.5. The van der Waals surface area contributed by atoms with E-state index in [1.54, 1.807) is 26.4 Å². The van der Waals surface area contributed by atoms with Gasteiger partial charge in [-0.3, -0.25) is 9.59 Å². The highest BCUT2D eigenvalue weighted by molar-refractivity contribution is 7.12. The van der Waals surface area contributed by atoms with Gasteiger partial charge >= 0.3 is 0 Å². The molecule has 0 saturated carbocycles. The molecule has 0 spiro atoms. The van der Waals surface area contributed by atoms with E-state index in [4.69, 9.17) is 9.47 Å². The summed E-state index contributed by atoms with van der Waals surface area (Å²) in [6.45, 7) is -0.0913. The summed E-state index contributed by atoms with van der Waals surface area (Å²) in [7, 11) is 3.24. The highest BCUT2D eigenvalue weighted by atomic mass is 32.1. The van der Waals surface area contributed by atoms with Crippen molar-refractivity contribution in [1.29, 1.82) is 0 Å². The third-order valence-electron chi connectivity index (χ3n) is 4.61. The number of carbonyl (C=O) groups excluding carboxylic acids is 2. The number of amides is 2. The molecule has 0 fully saturated rings. The van der Waals surface area contributed by atoms with Crippen molar-refractivity contribution >= 4 is 23.2 Å². The molecule has 0 aliphatic carbocycles. The molecule has 0 unspecified atom stereocenters. The molecule has 156 valence electrons. The maximum absolute atomic E-state index is 12.5.